The van der Waals surface area contributed by atoms with E-state index in [1.54, 1.807) is 0 Å². The molecule has 0 saturated carbocycles. The average Bonchev–Trinajstić information content (AvgIpc) is 2.74. The van der Waals surface area contributed by atoms with Crippen LogP contribution in [0.5, 0.6) is 0 Å². The van der Waals surface area contributed by atoms with Crippen LogP contribution >= 0.6 is 23.8 Å². The first kappa shape index (κ1) is 22.2. The van der Waals surface area contributed by atoms with Gasteiger partial charge < -0.3 is 9.47 Å². The SMILES string of the molecule is COC(CBr)(COP(=O)(OCc1ccccc1)OCc1ccccc1)OC. The fraction of sp³-hybridized carbons (Fsp3) is 0.368. The third kappa shape index (κ3) is 7.12. The smallest absolute Gasteiger partial charge is 0.350 e. The average molecular weight is 459 g/mol. The molecule has 0 fully saturated rings. The summed E-state index contributed by atoms with van der Waals surface area (Å²) in [7, 11) is -0.905. The summed E-state index contributed by atoms with van der Waals surface area (Å²) in [5, 5.41) is 0.324. The molecule has 0 saturated heterocycles. The van der Waals surface area contributed by atoms with E-state index in [-0.39, 0.29) is 19.8 Å². The van der Waals surface area contributed by atoms with E-state index < -0.39 is 13.6 Å². The molecular weight excluding hydrogens is 435 g/mol. The molecule has 0 N–H and O–H groups in total. The summed E-state index contributed by atoms with van der Waals surface area (Å²) >= 11 is 3.31. The molecule has 6 nitrogen and oxygen atoms in total. The fourth-order valence-corrected chi connectivity index (χ4v) is 3.91. The molecule has 27 heavy (non-hydrogen) atoms. The van der Waals surface area contributed by atoms with Crippen molar-refractivity contribution in [1.82, 2.24) is 0 Å². The topological polar surface area (TPSA) is 63.2 Å². The molecule has 2 aromatic carbocycles. The highest BCUT2D eigenvalue weighted by atomic mass is 79.9. The zero-order valence-corrected chi connectivity index (χ0v) is 17.9. The fourth-order valence-electron chi connectivity index (χ4n) is 2.09. The Kier molecular flexibility index (Phi) is 9.12. The number of benzene rings is 2. The lowest BCUT2D eigenvalue weighted by molar-refractivity contribution is -0.207. The van der Waals surface area contributed by atoms with Gasteiger partial charge >= 0.3 is 7.82 Å². The van der Waals surface area contributed by atoms with Gasteiger partial charge in [0.25, 0.3) is 0 Å². The van der Waals surface area contributed by atoms with Crippen LogP contribution in [0.2, 0.25) is 0 Å². The van der Waals surface area contributed by atoms with Gasteiger partial charge in [-0.25, -0.2) is 4.57 Å². The number of hydrogen-bond acceptors (Lipinski definition) is 6. The molecular formula is C19H24BrO6P. The number of methoxy groups -OCH3 is 2. The molecule has 148 valence electrons. The van der Waals surface area contributed by atoms with E-state index in [4.69, 9.17) is 23.0 Å². The standard InChI is InChI=1S/C19H24BrO6P/c1-22-19(15-20,23-2)16-26-27(21,24-13-17-9-5-3-6-10-17)25-14-18-11-7-4-8-12-18/h3-12H,13-16H2,1-2H3. The Morgan fingerprint density at radius 2 is 1.26 bits per heavy atom. The van der Waals surface area contributed by atoms with Crippen LogP contribution in [-0.2, 0) is 40.8 Å². The summed E-state index contributed by atoms with van der Waals surface area (Å²) in [6, 6.07) is 18.8. The zero-order valence-electron chi connectivity index (χ0n) is 15.4. The van der Waals surface area contributed by atoms with Gasteiger partial charge in [-0.2, -0.15) is 0 Å². The molecule has 0 amide bonds. The highest BCUT2D eigenvalue weighted by molar-refractivity contribution is 9.09. The first-order valence-electron chi connectivity index (χ1n) is 8.32. The first-order chi connectivity index (χ1) is 13.0. The van der Waals surface area contributed by atoms with Crippen molar-refractivity contribution in [1.29, 1.82) is 0 Å². The summed E-state index contributed by atoms with van der Waals surface area (Å²) < 4.78 is 40.5. The Bertz CT molecular complexity index is 653. The van der Waals surface area contributed by atoms with Gasteiger partial charge in [0.1, 0.15) is 6.61 Å². The summed E-state index contributed by atoms with van der Waals surface area (Å²) in [6.07, 6.45) is 0. The van der Waals surface area contributed by atoms with E-state index in [1.807, 2.05) is 60.7 Å². The van der Waals surface area contributed by atoms with Crippen LogP contribution in [0.3, 0.4) is 0 Å². The van der Waals surface area contributed by atoms with Crippen LogP contribution < -0.4 is 0 Å². The molecule has 2 rings (SSSR count). The van der Waals surface area contributed by atoms with E-state index in [1.165, 1.54) is 14.2 Å². The number of phosphoric ester groups is 1. The normalized spacial score (nSPS) is 12.3. The lowest BCUT2D eigenvalue weighted by Crippen LogP contribution is -2.40. The van der Waals surface area contributed by atoms with Gasteiger partial charge in [-0.15, -0.1) is 0 Å². The quantitative estimate of drug-likeness (QED) is 0.255. The Labute approximate surface area is 168 Å². The van der Waals surface area contributed by atoms with E-state index >= 15 is 0 Å². The molecule has 0 aliphatic carbocycles. The van der Waals surface area contributed by atoms with Crippen LogP contribution in [0, 0.1) is 0 Å². The predicted molar refractivity (Wildman–Crippen MR) is 107 cm³/mol. The Hall–Kier alpha value is -1.05. The maximum Gasteiger partial charge on any atom is 0.475 e. The van der Waals surface area contributed by atoms with Gasteiger partial charge in [0.05, 0.1) is 18.5 Å². The highest BCUT2D eigenvalue weighted by Crippen LogP contribution is 2.51. The highest BCUT2D eigenvalue weighted by Gasteiger charge is 2.36. The van der Waals surface area contributed by atoms with Gasteiger partial charge in [0.15, 0.2) is 0 Å². The van der Waals surface area contributed by atoms with Crippen molar-refractivity contribution in [2.75, 3.05) is 26.2 Å². The number of hydrogen-bond donors (Lipinski definition) is 0. The van der Waals surface area contributed by atoms with E-state index in [2.05, 4.69) is 15.9 Å². The van der Waals surface area contributed by atoms with Crippen LogP contribution in [-0.4, -0.2) is 31.9 Å². The number of alkyl halides is 1. The molecule has 0 unspecified atom stereocenters. The summed E-state index contributed by atoms with van der Waals surface area (Å²) in [5.74, 6) is -1.10. The summed E-state index contributed by atoms with van der Waals surface area (Å²) in [4.78, 5) is 0. The molecule has 0 bridgehead atoms. The molecule has 0 spiro atoms. The second kappa shape index (κ2) is 11.1. The third-order valence-electron chi connectivity index (χ3n) is 3.85. The lowest BCUT2D eigenvalue weighted by atomic mass is 10.2. The summed E-state index contributed by atoms with van der Waals surface area (Å²) in [6.45, 7) is 0.0501. The molecule has 0 aliphatic heterocycles. The maximum absolute atomic E-state index is 13.2. The largest absolute Gasteiger partial charge is 0.475 e. The van der Waals surface area contributed by atoms with Crippen molar-refractivity contribution >= 4 is 23.8 Å². The van der Waals surface area contributed by atoms with Gasteiger partial charge in [0, 0.05) is 14.2 Å². The van der Waals surface area contributed by atoms with Crippen molar-refractivity contribution < 1.29 is 27.6 Å². The van der Waals surface area contributed by atoms with Crippen molar-refractivity contribution in [2.24, 2.45) is 0 Å². The maximum atomic E-state index is 13.2. The monoisotopic (exact) mass is 458 g/mol. The second-order valence-electron chi connectivity index (χ2n) is 5.69. The molecule has 0 heterocycles. The van der Waals surface area contributed by atoms with Gasteiger partial charge in [-0.3, -0.25) is 13.6 Å². The van der Waals surface area contributed by atoms with Crippen molar-refractivity contribution in [3.8, 4) is 0 Å². The Morgan fingerprint density at radius 1 is 0.815 bits per heavy atom. The van der Waals surface area contributed by atoms with Crippen molar-refractivity contribution in [2.45, 2.75) is 19.0 Å². The third-order valence-corrected chi connectivity index (χ3v) is 6.04. The van der Waals surface area contributed by atoms with E-state index in [0.717, 1.165) is 11.1 Å². The van der Waals surface area contributed by atoms with Crippen LogP contribution in [0.25, 0.3) is 0 Å². The Balaban J connectivity index is 2.07. The predicted octanol–water partition coefficient (Wildman–Crippen LogP) is 4.93. The number of ether oxygens (including phenoxy) is 2. The minimum Gasteiger partial charge on any atom is -0.350 e. The molecule has 0 aromatic heterocycles. The number of phosphoric acid groups is 1. The second-order valence-corrected chi connectivity index (χ2v) is 7.92. The first-order valence-corrected chi connectivity index (χ1v) is 10.9. The molecule has 0 atom stereocenters. The molecule has 8 heteroatoms. The van der Waals surface area contributed by atoms with Crippen molar-refractivity contribution in [3.63, 3.8) is 0 Å². The van der Waals surface area contributed by atoms with Crippen LogP contribution in [0.4, 0.5) is 0 Å². The van der Waals surface area contributed by atoms with Crippen LogP contribution in [0.15, 0.2) is 60.7 Å². The van der Waals surface area contributed by atoms with Crippen molar-refractivity contribution in [3.05, 3.63) is 71.8 Å². The minimum absolute atomic E-state index is 0.0915. The molecule has 2 aromatic rings. The van der Waals surface area contributed by atoms with E-state index in [0.29, 0.717) is 5.33 Å². The summed E-state index contributed by atoms with van der Waals surface area (Å²) in [5.41, 5.74) is 1.71. The van der Waals surface area contributed by atoms with Gasteiger partial charge in [-0.05, 0) is 11.1 Å². The van der Waals surface area contributed by atoms with E-state index in [9.17, 15) is 4.57 Å². The zero-order chi connectivity index (χ0) is 19.6. The Morgan fingerprint density at radius 3 is 1.63 bits per heavy atom. The number of rotatable bonds is 12. The molecule has 0 aliphatic rings. The van der Waals surface area contributed by atoms with Gasteiger partial charge in [0.2, 0.25) is 5.79 Å². The van der Waals surface area contributed by atoms with Crippen LogP contribution in [0.1, 0.15) is 11.1 Å². The lowest BCUT2D eigenvalue weighted by Gasteiger charge is -2.29. The van der Waals surface area contributed by atoms with Gasteiger partial charge in [-0.1, -0.05) is 76.6 Å². The minimum atomic E-state index is -3.87. The molecule has 0 radical (unpaired) electrons. The number of halogens is 1.